The molecule has 1 atom stereocenters. The van der Waals surface area contributed by atoms with Crippen molar-refractivity contribution >= 4 is 33.4 Å². The van der Waals surface area contributed by atoms with Crippen LogP contribution in [0.25, 0.3) is 10.2 Å². The number of benzene rings is 1. The van der Waals surface area contributed by atoms with Gasteiger partial charge in [0.25, 0.3) is 5.56 Å². The van der Waals surface area contributed by atoms with Crippen LogP contribution >= 0.6 is 11.3 Å². The Balaban J connectivity index is 2.36. The monoisotopic (exact) mass is 556 g/mol. The van der Waals surface area contributed by atoms with Crippen molar-refractivity contribution in [2.24, 2.45) is 0 Å². The summed E-state index contributed by atoms with van der Waals surface area (Å²) < 4.78 is 13.7. The zero-order valence-corrected chi connectivity index (χ0v) is 23.5. The van der Waals surface area contributed by atoms with Crippen molar-refractivity contribution in [1.82, 2.24) is 14.5 Å². The van der Waals surface area contributed by atoms with Crippen LogP contribution in [0.15, 0.2) is 33.9 Å². The molecule has 12 heteroatoms. The molecule has 0 bridgehead atoms. The largest absolute Gasteiger partial charge is 0.496 e. The fourth-order valence-corrected chi connectivity index (χ4v) is 5.47. The highest BCUT2D eigenvalue weighted by Crippen LogP contribution is 2.33. The minimum Gasteiger partial charge on any atom is -0.496 e. The Labute approximate surface area is 229 Å². The number of aromatic nitrogens is 2. The highest BCUT2D eigenvalue weighted by Gasteiger charge is 2.36. The number of methoxy groups -OCH3 is 1. The maximum atomic E-state index is 14.0. The zero-order chi connectivity index (χ0) is 29.1. The third-order valence-electron chi connectivity index (χ3n) is 6.31. The number of carboxylic acid groups (broad SMARTS) is 1. The topological polar surface area (TPSA) is 153 Å². The maximum absolute atomic E-state index is 14.0. The molecule has 0 unspecified atom stereocenters. The number of carboxylic acids is 1. The quantitative estimate of drug-likeness (QED) is 0.342. The first-order valence-electron chi connectivity index (χ1n) is 12.3. The summed E-state index contributed by atoms with van der Waals surface area (Å²) in [5.74, 6) is -1.29. The van der Waals surface area contributed by atoms with Gasteiger partial charge in [-0.3, -0.25) is 14.2 Å². The van der Waals surface area contributed by atoms with Gasteiger partial charge in [0.1, 0.15) is 27.1 Å². The standard InChI is InChI=1S/C27H32N4O7S/c1-15(2)29-25(35)27(4,5)31-22(32)20-16(3)21(24(33)34)39-23(20)30(26(31)36)14-19(38-13-9-12-28)17-10-7-8-11-18(17)37-6/h7-8,10-11,15,19H,9,13-14H2,1-6H3,(H,29,35)(H,33,34)/t19-/m0/s1. The lowest BCUT2D eigenvalue weighted by Crippen LogP contribution is -2.56. The molecule has 3 rings (SSSR count). The second-order valence-corrected chi connectivity index (χ2v) is 10.8. The van der Waals surface area contributed by atoms with E-state index in [4.69, 9.17) is 14.7 Å². The van der Waals surface area contributed by atoms with Crippen LogP contribution in [0.4, 0.5) is 0 Å². The van der Waals surface area contributed by atoms with Gasteiger partial charge >= 0.3 is 11.7 Å². The Kier molecular flexibility index (Phi) is 8.99. The van der Waals surface area contributed by atoms with E-state index in [0.29, 0.717) is 11.3 Å². The average Bonchev–Trinajstić information content (AvgIpc) is 3.22. The van der Waals surface area contributed by atoms with E-state index in [-0.39, 0.29) is 46.3 Å². The Morgan fingerprint density at radius 3 is 2.49 bits per heavy atom. The van der Waals surface area contributed by atoms with Gasteiger partial charge in [0.15, 0.2) is 0 Å². The van der Waals surface area contributed by atoms with Crippen LogP contribution in [0, 0.1) is 18.3 Å². The number of thiophene rings is 1. The van der Waals surface area contributed by atoms with E-state index in [1.54, 1.807) is 38.1 Å². The molecule has 2 N–H and O–H groups in total. The summed E-state index contributed by atoms with van der Waals surface area (Å²) in [6.07, 6.45) is -0.705. The molecule has 0 saturated heterocycles. The molecule has 0 aliphatic rings. The highest BCUT2D eigenvalue weighted by molar-refractivity contribution is 7.20. The number of hydrogen-bond acceptors (Lipinski definition) is 8. The minimum atomic E-state index is -1.60. The summed E-state index contributed by atoms with van der Waals surface area (Å²) in [5.41, 5.74) is -2.35. The normalized spacial score (nSPS) is 12.4. The fourth-order valence-electron chi connectivity index (χ4n) is 4.33. The predicted octanol–water partition coefficient (Wildman–Crippen LogP) is 3.17. The molecule has 0 saturated carbocycles. The summed E-state index contributed by atoms with van der Waals surface area (Å²) in [7, 11) is 1.49. The predicted molar refractivity (Wildman–Crippen MR) is 147 cm³/mol. The molecule has 1 aromatic carbocycles. The summed E-state index contributed by atoms with van der Waals surface area (Å²) in [6, 6.07) is 8.81. The number of nitrogens with zero attached hydrogens (tertiary/aromatic N) is 3. The van der Waals surface area contributed by atoms with Crippen molar-refractivity contribution in [3.63, 3.8) is 0 Å². The highest BCUT2D eigenvalue weighted by atomic mass is 32.1. The van der Waals surface area contributed by atoms with Crippen LogP contribution in [0.1, 0.15) is 61.0 Å². The Bertz CT molecular complexity index is 1560. The van der Waals surface area contributed by atoms with Crippen molar-refractivity contribution in [2.75, 3.05) is 13.7 Å². The summed E-state index contributed by atoms with van der Waals surface area (Å²) in [4.78, 5) is 53.0. The summed E-state index contributed by atoms with van der Waals surface area (Å²) in [6.45, 7) is 7.87. The lowest BCUT2D eigenvalue weighted by Gasteiger charge is -2.28. The number of para-hydroxylation sites is 1. The SMILES string of the molecule is COc1ccccc1[C@H](Cn1c(=O)n(C(C)(C)C(=O)NC(C)C)c(=O)c2c(C)c(C(=O)O)sc21)OCCC#N. The van der Waals surface area contributed by atoms with E-state index in [2.05, 4.69) is 5.32 Å². The van der Waals surface area contributed by atoms with E-state index < -0.39 is 34.8 Å². The number of fused-ring (bicyclic) bond motifs is 1. The molecule has 2 aromatic heterocycles. The minimum absolute atomic E-state index is 0.0400. The molecule has 11 nitrogen and oxygen atoms in total. The lowest BCUT2D eigenvalue weighted by atomic mass is 10.0. The van der Waals surface area contributed by atoms with Gasteiger partial charge in [-0.1, -0.05) is 18.2 Å². The van der Waals surface area contributed by atoms with Gasteiger partial charge in [0, 0.05) is 11.6 Å². The molecule has 0 spiro atoms. The number of carbonyl (C=O) groups excluding carboxylic acids is 1. The number of amides is 1. The molecule has 0 fully saturated rings. The first kappa shape index (κ1) is 29.6. The molecular formula is C27H32N4O7S. The maximum Gasteiger partial charge on any atom is 0.346 e. The second-order valence-electron chi connectivity index (χ2n) is 9.77. The molecule has 3 aromatic rings. The first-order valence-corrected chi connectivity index (χ1v) is 13.1. The van der Waals surface area contributed by atoms with Crippen molar-refractivity contribution < 1.29 is 24.2 Å². The van der Waals surface area contributed by atoms with Gasteiger partial charge in [-0.2, -0.15) is 5.26 Å². The number of aryl methyl sites for hydroxylation is 1. The van der Waals surface area contributed by atoms with Crippen LogP contribution in [0.2, 0.25) is 0 Å². The molecule has 0 aliphatic carbocycles. The van der Waals surface area contributed by atoms with Crippen LogP contribution < -0.4 is 21.3 Å². The third-order valence-corrected chi connectivity index (χ3v) is 7.61. The number of carbonyl (C=O) groups is 2. The number of hydrogen-bond donors (Lipinski definition) is 2. The Morgan fingerprint density at radius 2 is 1.90 bits per heavy atom. The van der Waals surface area contributed by atoms with Crippen LogP contribution in [0.5, 0.6) is 5.75 Å². The molecule has 39 heavy (non-hydrogen) atoms. The molecule has 1 amide bonds. The van der Waals surface area contributed by atoms with Crippen molar-refractivity contribution in [3.8, 4) is 11.8 Å². The van der Waals surface area contributed by atoms with E-state index in [1.165, 1.54) is 32.4 Å². The number of nitriles is 1. The van der Waals surface area contributed by atoms with E-state index in [0.717, 1.165) is 15.9 Å². The third kappa shape index (κ3) is 5.74. The number of rotatable bonds is 11. The van der Waals surface area contributed by atoms with Crippen LogP contribution in [0.3, 0.4) is 0 Å². The van der Waals surface area contributed by atoms with Crippen LogP contribution in [-0.2, 0) is 21.6 Å². The van der Waals surface area contributed by atoms with E-state index in [9.17, 15) is 24.3 Å². The first-order chi connectivity index (χ1) is 18.4. The number of nitrogens with one attached hydrogen (secondary N) is 1. The molecule has 2 heterocycles. The van der Waals surface area contributed by atoms with E-state index in [1.807, 2.05) is 6.07 Å². The van der Waals surface area contributed by atoms with Gasteiger partial charge in [-0.25, -0.2) is 14.2 Å². The van der Waals surface area contributed by atoms with Crippen LogP contribution in [-0.4, -0.2) is 45.9 Å². The van der Waals surface area contributed by atoms with Crippen molar-refractivity contribution in [3.05, 3.63) is 61.1 Å². The Hall–Kier alpha value is -3.95. The summed E-state index contributed by atoms with van der Waals surface area (Å²) >= 11 is 0.811. The molecular weight excluding hydrogens is 524 g/mol. The van der Waals surface area contributed by atoms with Gasteiger partial charge in [-0.15, -0.1) is 11.3 Å². The van der Waals surface area contributed by atoms with Crippen molar-refractivity contribution in [1.29, 1.82) is 5.26 Å². The lowest BCUT2D eigenvalue weighted by molar-refractivity contribution is -0.129. The number of aromatic carboxylic acids is 1. The fraction of sp³-hybridized carbons (Fsp3) is 0.444. The number of ether oxygens (including phenoxy) is 2. The zero-order valence-electron chi connectivity index (χ0n) is 22.7. The molecule has 0 radical (unpaired) electrons. The average molecular weight is 557 g/mol. The molecule has 208 valence electrons. The second kappa shape index (κ2) is 11.8. The Morgan fingerprint density at radius 1 is 1.23 bits per heavy atom. The molecule has 0 aliphatic heterocycles. The van der Waals surface area contributed by atoms with Gasteiger partial charge in [-0.05, 0) is 46.2 Å². The van der Waals surface area contributed by atoms with Crippen molar-refractivity contribution in [2.45, 2.75) is 65.3 Å². The van der Waals surface area contributed by atoms with E-state index >= 15 is 0 Å². The van der Waals surface area contributed by atoms with Gasteiger partial charge in [0.2, 0.25) is 5.91 Å². The smallest absolute Gasteiger partial charge is 0.346 e. The van der Waals surface area contributed by atoms with Gasteiger partial charge < -0.3 is 19.9 Å². The van der Waals surface area contributed by atoms with Gasteiger partial charge in [0.05, 0.1) is 38.1 Å². The summed E-state index contributed by atoms with van der Waals surface area (Å²) in [5, 5.41) is 21.6.